The largest absolute Gasteiger partial charge is 0.369 e. The number of primary amides is 1. The van der Waals surface area contributed by atoms with E-state index in [2.05, 4.69) is 12.2 Å². The molecule has 0 heterocycles. The summed E-state index contributed by atoms with van der Waals surface area (Å²) in [6.07, 6.45) is 7.30. The number of hydrogen-bond acceptors (Lipinski definition) is 2. The topological polar surface area (TPSA) is 72.2 Å². The van der Waals surface area contributed by atoms with Gasteiger partial charge in [-0.3, -0.25) is 9.59 Å². The molecule has 22 heavy (non-hydrogen) atoms. The minimum Gasteiger partial charge on any atom is -0.369 e. The van der Waals surface area contributed by atoms with Gasteiger partial charge in [0.1, 0.15) is 5.92 Å². The van der Waals surface area contributed by atoms with Crippen LogP contribution in [0, 0.1) is 5.92 Å². The second kappa shape index (κ2) is 10.8. The number of carbonyl (C=O) groups excluding carboxylic acids is 2. The zero-order valence-electron chi connectivity index (χ0n) is 13.5. The lowest BCUT2D eigenvalue weighted by Gasteiger charge is -2.13. The van der Waals surface area contributed by atoms with Gasteiger partial charge < -0.3 is 11.1 Å². The Hall–Kier alpha value is -1.84. The maximum absolute atomic E-state index is 12.1. The van der Waals surface area contributed by atoms with Crippen LogP contribution in [0.4, 0.5) is 0 Å². The van der Waals surface area contributed by atoms with E-state index in [1.54, 1.807) is 0 Å². The summed E-state index contributed by atoms with van der Waals surface area (Å²) < 4.78 is 0. The number of nitrogens with one attached hydrogen (secondary N) is 1. The first-order valence-electron chi connectivity index (χ1n) is 8.26. The van der Waals surface area contributed by atoms with Crippen molar-refractivity contribution in [1.29, 1.82) is 0 Å². The lowest BCUT2D eigenvalue weighted by molar-refractivity contribution is -0.133. The molecule has 0 bridgehead atoms. The Balaban J connectivity index is 2.32. The van der Waals surface area contributed by atoms with Crippen LogP contribution < -0.4 is 11.1 Å². The predicted molar refractivity (Wildman–Crippen MR) is 89.0 cm³/mol. The molecular formula is C18H28N2O2. The minimum absolute atomic E-state index is 0.259. The van der Waals surface area contributed by atoms with Crippen LogP contribution in [-0.2, 0) is 16.1 Å². The molecule has 4 nitrogen and oxygen atoms in total. The molecule has 1 rings (SSSR count). The number of hydrogen-bond donors (Lipinski definition) is 2. The van der Waals surface area contributed by atoms with Gasteiger partial charge in [-0.05, 0) is 12.0 Å². The van der Waals surface area contributed by atoms with Gasteiger partial charge in [0, 0.05) is 6.54 Å². The Morgan fingerprint density at radius 3 is 2.32 bits per heavy atom. The van der Waals surface area contributed by atoms with Gasteiger partial charge >= 0.3 is 0 Å². The molecule has 1 unspecified atom stereocenters. The average Bonchev–Trinajstić information content (AvgIpc) is 2.52. The molecular weight excluding hydrogens is 276 g/mol. The molecule has 1 aromatic carbocycles. The highest BCUT2D eigenvalue weighted by Gasteiger charge is 2.23. The van der Waals surface area contributed by atoms with E-state index in [1.807, 2.05) is 30.3 Å². The van der Waals surface area contributed by atoms with Crippen molar-refractivity contribution < 1.29 is 9.59 Å². The molecule has 0 fully saturated rings. The fourth-order valence-electron chi connectivity index (χ4n) is 2.44. The van der Waals surface area contributed by atoms with Crippen LogP contribution in [0.25, 0.3) is 0 Å². The Kier molecular flexibility index (Phi) is 8.96. The van der Waals surface area contributed by atoms with Crippen molar-refractivity contribution in [2.24, 2.45) is 11.7 Å². The van der Waals surface area contributed by atoms with Crippen LogP contribution in [0.1, 0.15) is 57.4 Å². The number of amides is 2. The van der Waals surface area contributed by atoms with Gasteiger partial charge in [0.25, 0.3) is 0 Å². The van der Waals surface area contributed by atoms with Crippen molar-refractivity contribution in [3.8, 4) is 0 Å². The summed E-state index contributed by atoms with van der Waals surface area (Å²) in [5, 5.41) is 2.80. The second-order valence-corrected chi connectivity index (χ2v) is 5.71. The average molecular weight is 304 g/mol. The highest BCUT2D eigenvalue weighted by molar-refractivity contribution is 5.99. The summed E-state index contributed by atoms with van der Waals surface area (Å²) in [6.45, 7) is 2.61. The van der Waals surface area contributed by atoms with E-state index in [0.29, 0.717) is 13.0 Å². The van der Waals surface area contributed by atoms with Gasteiger partial charge in [-0.25, -0.2) is 0 Å². The first kappa shape index (κ1) is 18.2. The van der Waals surface area contributed by atoms with Crippen molar-refractivity contribution >= 4 is 11.8 Å². The monoisotopic (exact) mass is 304 g/mol. The van der Waals surface area contributed by atoms with Crippen LogP contribution >= 0.6 is 0 Å². The lowest BCUT2D eigenvalue weighted by atomic mass is 9.98. The third kappa shape index (κ3) is 7.25. The van der Waals surface area contributed by atoms with Crippen LogP contribution in [-0.4, -0.2) is 11.8 Å². The van der Waals surface area contributed by atoms with Crippen molar-refractivity contribution in [3.05, 3.63) is 35.9 Å². The molecule has 2 amide bonds. The van der Waals surface area contributed by atoms with Crippen molar-refractivity contribution in [2.45, 2.75) is 58.4 Å². The smallest absolute Gasteiger partial charge is 0.232 e. The van der Waals surface area contributed by atoms with E-state index in [9.17, 15) is 9.59 Å². The second-order valence-electron chi connectivity index (χ2n) is 5.71. The van der Waals surface area contributed by atoms with Gasteiger partial charge in [0.05, 0.1) is 0 Å². The van der Waals surface area contributed by atoms with Crippen molar-refractivity contribution in [3.63, 3.8) is 0 Å². The molecule has 0 aliphatic heterocycles. The Bertz CT molecular complexity index is 446. The van der Waals surface area contributed by atoms with Crippen molar-refractivity contribution in [2.75, 3.05) is 0 Å². The summed E-state index contributed by atoms with van der Waals surface area (Å²) >= 11 is 0. The molecule has 0 spiro atoms. The zero-order chi connectivity index (χ0) is 16.2. The summed E-state index contributed by atoms with van der Waals surface area (Å²) in [6, 6.07) is 9.64. The number of nitrogens with two attached hydrogens (primary N) is 1. The highest BCUT2D eigenvalue weighted by Crippen LogP contribution is 2.13. The van der Waals surface area contributed by atoms with Crippen LogP contribution in [0.15, 0.2) is 30.3 Å². The van der Waals surface area contributed by atoms with E-state index in [1.165, 1.54) is 19.3 Å². The SMILES string of the molecule is CCCCCCCCC(C(N)=O)C(=O)NCc1ccccc1. The zero-order valence-corrected chi connectivity index (χ0v) is 13.5. The molecule has 1 atom stereocenters. The number of benzene rings is 1. The van der Waals surface area contributed by atoms with E-state index in [4.69, 9.17) is 5.73 Å². The molecule has 0 aromatic heterocycles. The molecule has 3 N–H and O–H groups in total. The Labute approximate surface area is 133 Å². The molecule has 4 heteroatoms. The van der Waals surface area contributed by atoms with Crippen LogP contribution in [0.3, 0.4) is 0 Å². The fraction of sp³-hybridized carbons (Fsp3) is 0.556. The first-order chi connectivity index (χ1) is 10.6. The van der Waals surface area contributed by atoms with E-state index >= 15 is 0 Å². The molecule has 0 aliphatic rings. The Morgan fingerprint density at radius 2 is 1.68 bits per heavy atom. The maximum Gasteiger partial charge on any atom is 0.232 e. The molecule has 0 saturated heterocycles. The summed E-state index contributed by atoms with van der Waals surface area (Å²) in [7, 11) is 0. The van der Waals surface area contributed by atoms with E-state index in [-0.39, 0.29) is 5.91 Å². The highest BCUT2D eigenvalue weighted by atomic mass is 16.2. The summed E-state index contributed by atoms with van der Waals surface area (Å²) in [4.78, 5) is 23.6. The van der Waals surface area contributed by atoms with Gasteiger partial charge in [-0.15, -0.1) is 0 Å². The van der Waals surface area contributed by atoms with Crippen LogP contribution in [0.5, 0.6) is 0 Å². The quantitative estimate of drug-likeness (QED) is 0.487. The number of unbranched alkanes of at least 4 members (excludes halogenated alkanes) is 5. The third-order valence-electron chi connectivity index (χ3n) is 3.82. The van der Waals surface area contributed by atoms with E-state index < -0.39 is 11.8 Å². The first-order valence-corrected chi connectivity index (χ1v) is 8.26. The maximum atomic E-state index is 12.1. The van der Waals surface area contributed by atoms with Gasteiger partial charge in [0.15, 0.2) is 0 Å². The predicted octanol–water partition coefficient (Wildman–Crippen LogP) is 3.15. The summed E-state index contributed by atoms with van der Waals surface area (Å²) in [5.74, 6) is -1.50. The minimum atomic E-state index is -0.713. The summed E-state index contributed by atoms with van der Waals surface area (Å²) in [5.41, 5.74) is 6.38. The van der Waals surface area contributed by atoms with Gasteiger partial charge in [0.2, 0.25) is 11.8 Å². The molecule has 0 saturated carbocycles. The van der Waals surface area contributed by atoms with Gasteiger partial charge in [-0.2, -0.15) is 0 Å². The van der Waals surface area contributed by atoms with Crippen LogP contribution in [0.2, 0.25) is 0 Å². The van der Waals surface area contributed by atoms with Gasteiger partial charge in [-0.1, -0.05) is 75.8 Å². The normalized spacial score (nSPS) is 11.9. The molecule has 0 aliphatic carbocycles. The Morgan fingerprint density at radius 1 is 1.05 bits per heavy atom. The fourth-order valence-corrected chi connectivity index (χ4v) is 2.44. The molecule has 122 valence electrons. The number of rotatable bonds is 11. The standard InChI is InChI=1S/C18H28N2O2/c1-2-3-4-5-6-10-13-16(17(19)21)18(22)20-14-15-11-8-7-9-12-15/h7-9,11-12,16H,2-6,10,13-14H2,1H3,(H2,19,21)(H,20,22). The third-order valence-corrected chi connectivity index (χ3v) is 3.82. The lowest BCUT2D eigenvalue weighted by Crippen LogP contribution is -2.38. The van der Waals surface area contributed by atoms with Crippen molar-refractivity contribution in [1.82, 2.24) is 5.32 Å². The van der Waals surface area contributed by atoms with E-state index in [0.717, 1.165) is 24.8 Å². The number of carbonyl (C=O) groups is 2. The molecule has 0 radical (unpaired) electrons. The molecule has 1 aromatic rings.